The Kier molecular flexibility index (Phi) is 4.47. The topological polar surface area (TPSA) is 27.1 Å². The van der Waals surface area contributed by atoms with Crippen LogP contribution in [0.15, 0.2) is 109 Å². The molecule has 0 saturated heterocycles. The zero-order chi connectivity index (χ0) is 23.4. The average molecular weight is 455 g/mol. The van der Waals surface area contributed by atoms with Gasteiger partial charge >= 0.3 is 0 Å². The molecule has 0 spiro atoms. The number of hydrogen-bond donors (Lipinski definition) is 0. The van der Waals surface area contributed by atoms with Crippen LogP contribution in [0, 0.1) is 0 Å². The third-order valence-electron chi connectivity index (χ3n) is 7.89. The van der Waals surface area contributed by atoms with Crippen molar-refractivity contribution in [3.05, 3.63) is 137 Å². The number of methoxy groups -OCH3 is 1. The number of hydrogen-bond acceptors (Lipinski definition) is 2. The van der Waals surface area contributed by atoms with Crippen molar-refractivity contribution < 1.29 is 4.74 Å². The largest absolute Gasteiger partial charge is 0.497 e. The van der Waals surface area contributed by atoms with Crippen molar-refractivity contribution in [3.63, 3.8) is 0 Å². The number of aromatic nitrogens is 2. The summed E-state index contributed by atoms with van der Waals surface area (Å²) in [5.74, 6) is 1.33. The average Bonchev–Trinajstić information content (AvgIpc) is 3.45. The Labute approximate surface area is 205 Å². The first-order valence-corrected chi connectivity index (χ1v) is 12.3. The van der Waals surface area contributed by atoms with Gasteiger partial charge in [0.05, 0.1) is 18.5 Å². The molecule has 2 aliphatic carbocycles. The summed E-state index contributed by atoms with van der Waals surface area (Å²) in [5, 5.41) is 5.33. The number of nitrogens with zero attached hydrogens (tertiary/aromatic N) is 2. The maximum atomic E-state index is 5.45. The van der Waals surface area contributed by atoms with E-state index in [1.807, 2.05) is 12.1 Å². The van der Waals surface area contributed by atoms with E-state index in [0.717, 1.165) is 35.5 Å². The van der Waals surface area contributed by atoms with Gasteiger partial charge in [0, 0.05) is 22.2 Å². The van der Waals surface area contributed by atoms with E-state index in [0.29, 0.717) is 5.92 Å². The molecule has 2 aliphatic rings. The maximum absolute atomic E-state index is 5.45. The van der Waals surface area contributed by atoms with Crippen molar-refractivity contribution in [2.45, 2.75) is 24.2 Å². The normalized spacial score (nSPS) is 19.7. The first kappa shape index (κ1) is 20.3. The Bertz CT molecular complexity index is 1520. The van der Waals surface area contributed by atoms with Crippen molar-refractivity contribution >= 4 is 0 Å². The van der Waals surface area contributed by atoms with Crippen LogP contribution in [-0.2, 0) is 11.8 Å². The molecule has 170 valence electrons. The second-order valence-electron chi connectivity index (χ2n) is 9.61. The number of para-hydroxylation sites is 1. The van der Waals surface area contributed by atoms with Crippen LogP contribution in [0.5, 0.6) is 5.75 Å². The van der Waals surface area contributed by atoms with Crippen LogP contribution >= 0.6 is 0 Å². The monoisotopic (exact) mass is 454 g/mol. The molecule has 0 saturated carbocycles. The van der Waals surface area contributed by atoms with Gasteiger partial charge in [-0.05, 0) is 71.8 Å². The minimum Gasteiger partial charge on any atom is -0.497 e. The van der Waals surface area contributed by atoms with E-state index >= 15 is 0 Å². The van der Waals surface area contributed by atoms with Gasteiger partial charge in [-0.15, -0.1) is 0 Å². The maximum Gasteiger partial charge on any atom is 0.118 e. The molecule has 0 amide bonds. The van der Waals surface area contributed by atoms with E-state index in [2.05, 4.69) is 102 Å². The predicted molar refractivity (Wildman–Crippen MR) is 139 cm³/mol. The molecule has 35 heavy (non-hydrogen) atoms. The van der Waals surface area contributed by atoms with Gasteiger partial charge in [-0.2, -0.15) is 5.10 Å². The summed E-state index contributed by atoms with van der Waals surface area (Å²) in [6.07, 6.45) is 2.06. The molecule has 5 aromatic rings. The molecule has 3 heteroatoms. The van der Waals surface area contributed by atoms with Crippen molar-refractivity contribution in [3.8, 4) is 22.7 Å². The summed E-state index contributed by atoms with van der Waals surface area (Å²) in [5.41, 5.74) is 9.98. The van der Waals surface area contributed by atoms with Gasteiger partial charge in [0.25, 0.3) is 0 Å². The molecule has 0 aliphatic heterocycles. The SMILES string of the molecule is COc1ccc(-c2nn(-c3ccccc3)c3c2C2(c4ccccc4)CC(C3)c3ccccc32)cc1. The zero-order valence-electron chi connectivity index (χ0n) is 19.7. The second-order valence-corrected chi connectivity index (χ2v) is 9.61. The molecule has 4 aromatic carbocycles. The number of benzene rings is 4. The summed E-state index contributed by atoms with van der Waals surface area (Å²) in [6.45, 7) is 0. The van der Waals surface area contributed by atoms with E-state index in [4.69, 9.17) is 9.84 Å². The van der Waals surface area contributed by atoms with Crippen LogP contribution in [0.25, 0.3) is 16.9 Å². The smallest absolute Gasteiger partial charge is 0.118 e. The first-order valence-electron chi connectivity index (χ1n) is 12.3. The van der Waals surface area contributed by atoms with E-state index < -0.39 is 0 Å². The van der Waals surface area contributed by atoms with Gasteiger partial charge < -0.3 is 4.74 Å². The molecule has 1 aromatic heterocycles. The van der Waals surface area contributed by atoms with Crippen LogP contribution in [0.1, 0.15) is 40.3 Å². The lowest BCUT2D eigenvalue weighted by atomic mass is 9.65. The fraction of sp³-hybridized carbons (Fsp3) is 0.156. The minimum absolute atomic E-state index is 0.224. The van der Waals surface area contributed by atoms with Gasteiger partial charge in [-0.3, -0.25) is 0 Å². The van der Waals surface area contributed by atoms with Gasteiger partial charge in [0.2, 0.25) is 0 Å². The molecule has 0 N–H and O–H groups in total. The van der Waals surface area contributed by atoms with E-state index in [1.165, 1.54) is 27.9 Å². The van der Waals surface area contributed by atoms with Gasteiger partial charge in [-0.1, -0.05) is 72.8 Å². The summed E-state index contributed by atoms with van der Waals surface area (Å²) < 4.78 is 7.65. The molecule has 0 radical (unpaired) electrons. The highest BCUT2D eigenvalue weighted by molar-refractivity contribution is 5.74. The van der Waals surface area contributed by atoms with Crippen molar-refractivity contribution in [2.75, 3.05) is 7.11 Å². The Morgan fingerprint density at radius 1 is 0.800 bits per heavy atom. The van der Waals surface area contributed by atoms with Crippen LogP contribution in [0.4, 0.5) is 0 Å². The van der Waals surface area contributed by atoms with E-state index in [9.17, 15) is 0 Å². The molecule has 1 heterocycles. The molecule has 7 rings (SSSR count). The number of ether oxygens (including phenoxy) is 1. The first-order chi connectivity index (χ1) is 17.3. The summed E-state index contributed by atoms with van der Waals surface area (Å²) in [7, 11) is 1.71. The highest BCUT2D eigenvalue weighted by Gasteiger charge is 2.53. The predicted octanol–water partition coefficient (Wildman–Crippen LogP) is 6.93. The van der Waals surface area contributed by atoms with Gasteiger partial charge in [0.1, 0.15) is 5.75 Å². The molecule has 3 nitrogen and oxygen atoms in total. The Hall–Kier alpha value is -4.11. The fourth-order valence-electron chi connectivity index (χ4n) is 6.45. The van der Waals surface area contributed by atoms with Crippen LogP contribution in [0.2, 0.25) is 0 Å². The lowest BCUT2D eigenvalue weighted by Gasteiger charge is -2.36. The van der Waals surface area contributed by atoms with Crippen molar-refractivity contribution in [1.82, 2.24) is 9.78 Å². The van der Waals surface area contributed by atoms with Gasteiger partial charge in [0.15, 0.2) is 0 Å². The molecule has 2 unspecified atom stereocenters. The van der Waals surface area contributed by atoms with Crippen molar-refractivity contribution in [1.29, 1.82) is 0 Å². The molecular weight excluding hydrogens is 428 g/mol. The zero-order valence-corrected chi connectivity index (χ0v) is 19.7. The lowest BCUT2D eigenvalue weighted by Crippen LogP contribution is -2.31. The minimum atomic E-state index is -0.224. The number of fused-ring (bicyclic) bond motifs is 7. The summed E-state index contributed by atoms with van der Waals surface area (Å²) in [6, 6.07) is 39.0. The lowest BCUT2D eigenvalue weighted by molar-refractivity contribution is 0.415. The van der Waals surface area contributed by atoms with Crippen LogP contribution in [-0.4, -0.2) is 16.9 Å². The highest BCUT2D eigenvalue weighted by atomic mass is 16.5. The molecule has 2 bridgehead atoms. The second kappa shape index (κ2) is 7.71. The highest BCUT2D eigenvalue weighted by Crippen LogP contribution is 2.60. The van der Waals surface area contributed by atoms with Crippen LogP contribution in [0.3, 0.4) is 0 Å². The number of rotatable bonds is 4. The third kappa shape index (κ3) is 2.88. The van der Waals surface area contributed by atoms with E-state index in [1.54, 1.807) is 7.11 Å². The Morgan fingerprint density at radius 2 is 1.49 bits per heavy atom. The van der Waals surface area contributed by atoms with Crippen molar-refractivity contribution in [2.24, 2.45) is 0 Å². The van der Waals surface area contributed by atoms with E-state index in [-0.39, 0.29) is 5.41 Å². The summed E-state index contributed by atoms with van der Waals surface area (Å²) >= 11 is 0. The fourth-order valence-corrected chi connectivity index (χ4v) is 6.45. The Balaban J connectivity index is 1.58. The summed E-state index contributed by atoms with van der Waals surface area (Å²) in [4.78, 5) is 0. The third-order valence-corrected chi connectivity index (χ3v) is 7.89. The molecule has 0 fully saturated rings. The molecular formula is C32H26N2O. The van der Waals surface area contributed by atoms with Gasteiger partial charge in [-0.25, -0.2) is 4.68 Å². The quantitative estimate of drug-likeness (QED) is 0.295. The van der Waals surface area contributed by atoms with Crippen LogP contribution < -0.4 is 4.74 Å². The Morgan fingerprint density at radius 3 is 2.23 bits per heavy atom. The standard InChI is InChI=1S/C32H26N2O/c1-35-26-18-16-22(17-19-26)31-30-29(34(33-31)25-12-6-3-7-13-25)20-23-21-32(30,24-10-4-2-5-11-24)28-15-9-8-14-27(23)28/h2-19,23H,20-21H2,1H3. The molecule has 2 atom stereocenters.